The summed E-state index contributed by atoms with van der Waals surface area (Å²) in [5.74, 6) is -1.49. The van der Waals surface area contributed by atoms with E-state index in [-0.39, 0.29) is 26.2 Å². The van der Waals surface area contributed by atoms with Crippen LogP contribution in [0.25, 0.3) is 17.2 Å². The molecule has 0 saturated carbocycles. The van der Waals surface area contributed by atoms with E-state index >= 15 is 0 Å². The van der Waals surface area contributed by atoms with Crippen LogP contribution in [0, 0.1) is 6.08 Å². The molecule has 0 spiro atoms. The van der Waals surface area contributed by atoms with Crippen molar-refractivity contribution < 1.29 is 40.6 Å². The minimum absolute atomic E-state index is 0. The largest absolute Gasteiger partial charge is 4.00 e. The van der Waals surface area contributed by atoms with E-state index in [1.165, 1.54) is 0 Å². The van der Waals surface area contributed by atoms with E-state index in [9.17, 15) is 14.4 Å². The van der Waals surface area contributed by atoms with Gasteiger partial charge in [-0.2, -0.15) is 6.08 Å². The zero-order chi connectivity index (χ0) is 16.4. The summed E-state index contributed by atoms with van der Waals surface area (Å²) in [4.78, 5) is 28.4. The van der Waals surface area contributed by atoms with Crippen molar-refractivity contribution in [2.75, 3.05) is 0 Å². The van der Waals surface area contributed by atoms with Crippen LogP contribution >= 0.6 is 0 Å². The van der Waals surface area contributed by atoms with Crippen molar-refractivity contribution in [2.45, 2.75) is 46.5 Å². The molecule has 116 valence electrons. The summed E-state index contributed by atoms with van der Waals surface area (Å²) in [6.45, 7) is 4.99. The summed E-state index contributed by atoms with van der Waals surface area (Å²) in [6.07, 6.45) is 11.0. The summed E-state index contributed by atoms with van der Waals surface area (Å²) >= 11 is 0. The second kappa shape index (κ2) is 23.8. The zero-order valence-electron chi connectivity index (χ0n) is 12.8. The van der Waals surface area contributed by atoms with Crippen LogP contribution in [0.5, 0.6) is 0 Å². The molecule has 0 aromatic carbocycles. The van der Waals surface area contributed by atoms with Crippen molar-refractivity contribution >= 4 is 17.7 Å². The smallest absolute Gasteiger partial charge is 0.668 e. The Morgan fingerprint density at radius 2 is 1.19 bits per heavy atom. The van der Waals surface area contributed by atoms with Gasteiger partial charge in [-0.3, -0.25) is 6.08 Å². The standard InChI is InChI=1S/C5H5.3C3H7NO.Zr/c1-2-4-5-3-1;3*1-2-3(4)5;/h1-3H,4H2;3*2H2,1H3,(H2,4,5);/q-1;;;;+4/p-3. The molecule has 1 rings (SSSR count). The van der Waals surface area contributed by atoms with E-state index in [1.54, 1.807) is 20.8 Å². The second-order valence-corrected chi connectivity index (χ2v) is 3.33. The fourth-order valence-electron chi connectivity index (χ4n) is 0.340. The van der Waals surface area contributed by atoms with Gasteiger partial charge in [0.25, 0.3) is 0 Å². The van der Waals surface area contributed by atoms with Crippen LogP contribution < -0.4 is 0 Å². The number of hydrogen-bond acceptors (Lipinski definition) is 3. The molecule has 3 amide bonds. The van der Waals surface area contributed by atoms with Gasteiger partial charge in [0.2, 0.25) is 0 Å². The first kappa shape index (κ1) is 28.0. The van der Waals surface area contributed by atoms with Crippen molar-refractivity contribution in [1.29, 1.82) is 0 Å². The van der Waals surface area contributed by atoms with Crippen LogP contribution in [0.15, 0.2) is 18.2 Å². The molecular formula is C14H23N3O3Zr. The van der Waals surface area contributed by atoms with Crippen molar-refractivity contribution in [1.82, 2.24) is 0 Å². The molecule has 7 heteroatoms. The monoisotopic (exact) mass is 371 g/mol. The van der Waals surface area contributed by atoms with Gasteiger partial charge in [0.15, 0.2) is 0 Å². The Bertz CT molecular complexity index is 286. The van der Waals surface area contributed by atoms with Crippen LogP contribution in [-0.2, 0) is 40.6 Å². The summed E-state index contributed by atoms with van der Waals surface area (Å²) < 4.78 is 0. The molecule has 1 aliphatic rings. The fourth-order valence-corrected chi connectivity index (χ4v) is 0.340. The van der Waals surface area contributed by atoms with Gasteiger partial charge >= 0.3 is 26.2 Å². The third kappa shape index (κ3) is 55.3. The third-order valence-electron chi connectivity index (χ3n) is 1.55. The number of allylic oxidation sites excluding steroid dienone is 4. The van der Waals surface area contributed by atoms with Crippen LogP contribution in [0.4, 0.5) is 0 Å². The average molecular weight is 373 g/mol. The molecule has 3 N–H and O–H groups in total. The predicted octanol–water partition coefficient (Wildman–Crippen LogP) is 4.23. The number of carbonyl (C=O) groups excluding carboxylic acids is 3. The van der Waals surface area contributed by atoms with Crippen molar-refractivity contribution in [3.8, 4) is 0 Å². The number of nitrogens with one attached hydrogen (secondary N) is 3. The molecule has 0 aromatic rings. The topological polar surface area (TPSA) is 123 Å². The minimum Gasteiger partial charge on any atom is -0.668 e. The molecule has 0 aliphatic heterocycles. The van der Waals surface area contributed by atoms with Crippen molar-refractivity contribution in [3.05, 3.63) is 41.5 Å². The maximum absolute atomic E-state index is 9.48. The molecule has 0 heterocycles. The minimum atomic E-state index is -0.495. The Kier molecular flexibility index (Phi) is 31.8. The zero-order valence-corrected chi connectivity index (χ0v) is 15.2. The van der Waals surface area contributed by atoms with Crippen LogP contribution in [0.1, 0.15) is 46.5 Å². The normalized spacial score (nSPS) is 9.48. The van der Waals surface area contributed by atoms with E-state index in [1.807, 2.05) is 12.2 Å². The van der Waals surface area contributed by atoms with Crippen LogP contribution in [-0.4, -0.2) is 17.7 Å². The molecule has 0 saturated heterocycles. The summed E-state index contributed by atoms with van der Waals surface area (Å²) in [5.41, 5.74) is 18.6. The molecule has 0 unspecified atom stereocenters. The van der Waals surface area contributed by atoms with Crippen molar-refractivity contribution in [2.24, 2.45) is 0 Å². The van der Waals surface area contributed by atoms with E-state index in [4.69, 9.17) is 17.2 Å². The Morgan fingerprint density at radius 1 is 0.905 bits per heavy atom. The third-order valence-corrected chi connectivity index (χ3v) is 1.55. The van der Waals surface area contributed by atoms with E-state index in [0.29, 0.717) is 19.3 Å². The first-order chi connectivity index (χ1) is 9.31. The van der Waals surface area contributed by atoms with Crippen molar-refractivity contribution in [3.63, 3.8) is 0 Å². The van der Waals surface area contributed by atoms with E-state index < -0.39 is 17.7 Å². The van der Waals surface area contributed by atoms with Crippen LogP contribution in [0.2, 0.25) is 0 Å². The van der Waals surface area contributed by atoms with Gasteiger partial charge in [-0.15, -0.1) is 6.42 Å². The maximum atomic E-state index is 9.48. The van der Waals surface area contributed by atoms with Gasteiger partial charge in [-0.25, -0.2) is 12.2 Å². The first-order valence-corrected chi connectivity index (χ1v) is 6.26. The maximum Gasteiger partial charge on any atom is 4.00 e. The summed E-state index contributed by atoms with van der Waals surface area (Å²) in [6, 6.07) is 0. The molecule has 6 nitrogen and oxygen atoms in total. The summed E-state index contributed by atoms with van der Waals surface area (Å²) in [7, 11) is 0. The molecule has 0 bridgehead atoms. The Balaban J connectivity index is -0.0000000903. The quantitative estimate of drug-likeness (QED) is 0.688. The number of hydrogen-bond donors (Lipinski definition) is 0. The van der Waals surface area contributed by atoms with Gasteiger partial charge in [-0.1, -0.05) is 20.8 Å². The second-order valence-electron chi connectivity index (χ2n) is 3.33. The number of rotatable bonds is 3. The molecular weight excluding hydrogens is 349 g/mol. The Morgan fingerprint density at radius 3 is 1.24 bits per heavy atom. The number of amides is 3. The van der Waals surface area contributed by atoms with Gasteiger partial charge < -0.3 is 31.6 Å². The first-order valence-electron chi connectivity index (χ1n) is 6.26. The molecule has 1 aliphatic carbocycles. The average Bonchev–Trinajstić information content (AvgIpc) is 2.99. The molecule has 0 radical (unpaired) electrons. The molecule has 0 aromatic heterocycles. The van der Waals surface area contributed by atoms with Gasteiger partial charge in [0, 0.05) is 17.7 Å². The van der Waals surface area contributed by atoms with Gasteiger partial charge in [0.05, 0.1) is 0 Å². The molecule has 0 fully saturated rings. The molecule has 21 heavy (non-hydrogen) atoms. The fraction of sp³-hybridized carbons (Fsp3) is 0.500. The SMILES string of the molecule is CCC([NH-])=O.CCC([NH-])=O.CCC([NH-])=O.[C-]1=CC=CC1.[Zr+4]. The molecule has 0 atom stereocenters. The Hall–Kier alpha value is -1.23. The Labute approximate surface area is 146 Å². The number of carbonyl (C=O) groups is 3. The van der Waals surface area contributed by atoms with E-state index in [2.05, 4.69) is 12.2 Å². The van der Waals surface area contributed by atoms with Gasteiger partial charge in [-0.05, 0) is 19.3 Å². The predicted molar refractivity (Wildman–Crippen MR) is 80.4 cm³/mol. The summed E-state index contributed by atoms with van der Waals surface area (Å²) in [5, 5.41) is 0. The van der Waals surface area contributed by atoms with Gasteiger partial charge in [0.1, 0.15) is 0 Å². The van der Waals surface area contributed by atoms with Crippen LogP contribution in [0.3, 0.4) is 0 Å². The van der Waals surface area contributed by atoms with E-state index in [0.717, 1.165) is 6.42 Å².